The van der Waals surface area contributed by atoms with Gasteiger partial charge in [-0.25, -0.2) is 18.2 Å². The molecule has 1 aromatic heterocycles. The van der Waals surface area contributed by atoms with E-state index in [4.69, 9.17) is 0 Å². The molecule has 0 unspecified atom stereocenters. The van der Waals surface area contributed by atoms with Crippen molar-refractivity contribution >= 4 is 27.4 Å². The fourth-order valence-corrected chi connectivity index (χ4v) is 3.97. The van der Waals surface area contributed by atoms with E-state index in [-0.39, 0.29) is 17.8 Å². The third-order valence-corrected chi connectivity index (χ3v) is 5.27. The Bertz CT molecular complexity index is 879. The van der Waals surface area contributed by atoms with Crippen LogP contribution in [0.3, 0.4) is 0 Å². The Morgan fingerprint density at radius 1 is 1.19 bits per heavy atom. The predicted octanol–water partition coefficient (Wildman–Crippen LogP) is 2.42. The van der Waals surface area contributed by atoms with Crippen molar-refractivity contribution in [3.05, 3.63) is 54.2 Å². The quantitative estimate of drug-likeness (QED) is 0.821. The maximum Gasteiger partial charge on any atom is 0.319 e. The maximum absolute atomic E-state index is 12.3. The molecule has 144 valence electrons. The van der Waals surface area contributed by atoms with E-state index in [0.29, 0.717) is 11.3 Å². The zero-order valence-corrected chi connectivity index (χ0v) is 16.1. The van der Waals surface area contributed by atoms with Gasteiger partial charge in [-0.05, 0) is 42.7 Å². The number of pyridine rings is 1. The summed E-state index contributed by atoms with van der Waals surface area (Å²) in [6, 6.07) is 12.6. The number of anilines is 2. The van der Waals surface area contributed by atoms with E-state index in [2.05, 4.69) is 20.5 Å². The van der Waals surface area contributed by atoms with Gasteiger partial charge in [-0.2, -0.15) is 0 Å². The highest BCUT2D eigenvalue weighted by atomic mass is 32.2. The summed E-state index contributed by atoms with van der Waals surface area (Å²) in [5.41, 5.74) is 1.23. The minimum absolute atomic E-state index is 0.0455. The minimum atomic E-state index is -3.11. The number of amides is 2. The summed E-state index contributed by atoms with van der Waals surface area (Å²) < 4.78 is 22.8. The van der Waals surface area contributed by atoms with E-state index >= 15 is 0 Å². The number of nitrogens with zero attached hydrogens (tertiary/aromatic N) is 2. The number of aromatic nitrogens is 1. The van der Waals surface area contributed by atoms with Crippen LogP contribution in [0.15, 0.2) is 48.7 Å². The van der Waals surface area contributed by atoms with Crippen LogP contribution in [0.4, 0.5) is 16.3 Å². The third kappa shape index (κ3) is 5.96. The molecule has 2 aromatic rings. The number of carbonyl (C=O) groups excluding carboxylic acids is 1. The van der Waals surface area contributed by atoms with Crippen LogP contribution in [0.5, 0.6) is 0 Å². The van der Waals surface area contributed by atoms with E-state index in [1.807, 2.05) is 18.2 Å². The minimum Gasteiger partial charge on any atom is -0.356 e. The fourth-order valence-electron chi connectivity index (χ4n) is 3.19. The number of hydrogen-bond acceptors (Lipinski definition) is 5. The number of carbonyl (C=O) groups is 1. The first-order valence-corrected chi connectivity index (χ1v) is 11.0. The zero-order valence-electron chi connectivity index (χ0n) is 15.3. The third-order valence-electron chi connectivity index (χ3n) is 4.42. The van der Waals surface area contributed by atoms with Gasteiger partial charge in [0.2, 0.25) is 0 Å². The molecule has 0 bridgehead atoms. The zero-order chi connectivity index (χ0) is 19.3. The first-order valence-electron chi connectivity index (χ1n) is 8.89. The van der Waals surface area contributed by atoms with E-state index in [1.165, 1.54) is 6.26 Å². The van der Waals surface area contributed by atoms with Crippen molar-refractivity contribution in [3.63, 3.8) is 0 Å². The number of piperidine rings is 1. The summed E-state index contributed by atoms with van der Waals surface area (Å²) in [5, 5.41) is 5.78. The van der Waals surface area contributed by atoms with Crippen molar-refractivity contribution in [3.8, 4) is 0 Å². The van der Waals surface area contributed by atoms with Gasteiger partial charge in [0, 0.05) is 37.3 Å². The van der Waals surface area contributed by atoms with E-state index < -0.39 is 9.84 Å². The van der Waals surface area contributed by atoms with Gasteiger partial charge in [0.1, 0.15) is 5.82 Å². The topological polar surface area (TPSA) is 91.4 Å². The molecule has 0 radical (unpaired) electrons. The summed E-state index contributed by atoms with van der Waals surface area (Å²) in [6.07, 6.45) is 4.67. The van der Waals surface area contributed by atoms with E-state index in [0.717, 1.165) is 31.7 Å². The highest BCUT2D eigenvalue weighted by molar-refractivity contribution is 7.89. The molecule has 2 heterocycles. The van der Waals surface area contributed by atoms with Crippen LogP contribution in [-0.2, 0) is 15.6 Å². The second-order valence-corrected chi connectivity index (χ2v) is 8.96. The summed E-state index contributed by atoms with van der Waals surface area (Å²) in [4.78, 5) is 18.8. The predicted molar refractivity (Wildman–Crippen MR) is 107 cm³/mol. The lowest BCUT2D eigenvalue weighted by atomic mass is 10.1. The first kappa shape index (κ1) is 19.2. The Hall–Kier alpha value is -2.61. The van der Waals surface area contributed by atoms with Crippen molar-refractivity contribution in [2.75, 3.05) is 29.6 Å². The molecule has 3 rings (SSSR count). The number of urea groups is 1. The van der Waals surface area contributed by atoms with Gasteiger partial charge in [-0.15, -0.1) is 0 Å². The van der Waals surface area contributed by atoms with Gasteiger partial charge in [0.05, 0.1) is 5.75 Å². The van der Waals surface area contributed by atoms with E-state index in [9.17, 15) is 13.2 Å². The lowest BCUT2D eigenvalue weighted by molar-refractivity contribution is 0.246. The molecule has 8 heteroatoms. The molecule has 0 spiro atoms. The molecule has 1 aliphatic rings. The highest BCUT2D eigenvalue weighted by Crippen LogP contribution is 2.18. The van der Waals surface area contributed by atoms with Crippen molar-refractivity contribution in [1.82, 2.24) is 10.3 Å². The lowest BCUT2D eigenvalue weighted by Gasteiger charge is -2.33. The number of hydrogen-bond donors (Lipinski definition) is 2. The SMILES string of the molecule is CS(=O)(=O)Cc1cccc(NC(=O)NC2CCN(c3ccccn3)CC2)c1. The van der Waals surface area contributed by atoms with Crippen LogP contribution in [-0.4, -0.2) is 44.8 Å². The Kier molecular flexibility index (Phi) is 5.95. The van der Waals surface area contributed by atoms with Gasteiger partial charge in [0.15, 0.2) is 9.84 Å². The highest BCUT2D eigenvalue weighted by Gasteiger charge is 2.21. The molecule has 0 aliphatic carbocycles. The number of nitrogens with one attached hydrogen (secondary N) is 2. The fraction of sp³-hybridized carbons (Fsp3) is 0.368. The first-order chi connectivity index (χ1) is 12.9. The standard InChI is InChI=1S/C19H24N4O3S/c1-27(25,26)14-15-5-4-6-17(13-15)22-19(24)21-16-8-11-23(12-9-16)18-7-2-3-10-20-18/h2-7,10,13,16H,8-9,11-12,14H2,1H3,(H2,21,22,24). The Morgan fingerprint density at radius 2 is 1.96 bits per heavy atom. The molecule has 0 atom stereocenters. The number of sulfone groups is 1. The van der Waals surface area contributed by atoms with Crippen molar-refractivity contribution in [2.24, 2.45) is 0 Å². The molecule has 7 nitrogen and oxygen atoms in total. The number of benzene rings is 1. The smallest absolute Gasteiger partial charge is 0.319 e. The van der Waals surface area contributed by atoms with Crippen molar-refractivity contribution < 1.29 is 13.2 Å². The average molecular weight is 388 g/mol. The molecule has 2 N–H and O–H groups in total. The van der Waals surface area contributed by atoms with E-state index in [1.54, 1.807) is 30.5 Å². The normalized spacial score (nSPS) is 15.4. The number of rotatable bonds is 5. The second kappa shape index (κ2) is 8.39. The van der Waals surface area contributed by atoms with Crippen LogP contribution in [0.2, 0.25) is 0 Å². The molecular weight excluding hydrogens is 364 g/mol. The lowest BCUT2D eigenvalue weighted by Crippen LogP contribution is -2.46. The molecule has 1 aliphatic heterocycles. The van der Waals surface area contributed by atoms with Gasteiger partial charge in [0.25, 0.3) is 0 Å². The molecule has 1 aromatic carbocycles. The summed E-state index contributed by atoms with van der Waals surface area (Å²) >= 11 is 0. The van der Waals surface area contributed by atoms with Gasteiger partial charge in [-0.1, -0.05) is 18.2 Å². The summed E-state index contributed by atoms with van der Waals surface area (Å²) in [5.74, 6) is 0.916. The molecule has 0 saturated carbocycles. The monoisotopic (exact) mass is 388 g/mol. The maximum atomic E-state index is 12.3. The van der Waals surface area contributed by atoms with Crippen molar-refractivity contribution in [1.29, 1.82) is 0 Å². The largest absolute Gasteiger partial charge is 0.356 e. The molecule has 2 amide bonds. The molecule has 1 fully saturated rings. The van der Waals surface area contributed by atoms with Gasteiger partial charge >= 0.3 is 6.03 Å². The summed E-state index contributed by atoms with van der Waals surface area (Å²) in [7, 11) is -3.11. The van der Waals surface area contributed by atoms with Crippen LogP contribution in [0.1, 0.15) is 18.4 Å². The molecule has 1 saturated heterocycles. The van der Waals surface area contributed by atoms with Crippen LogP contribution in [0.25, 0.3) is 0 Å². The average Bonchev–Trinajstić information content (AvgIpc) is 2.62. The van der Waals surface area contributed by atoms with Gasteiger partial charge < -0.3 is 15.5 Å². The summed E-state index contributed by atoms with van der Waals surface area (Å²) in [6.45, 7) is 1.68. The van der Waals surface area contributed by atoms with Crippen LogP contribution < -0.4 is 15.5 Å². The Labute approximate surface area is 159 Å². The molecular formula is C19H24N4O3S. The van der Waals surface area contributed by atoms with Crippen LogP contribution in [0, 0.1) is 0 Å². The second-order valence-electron chi connectivity index (χ2n) is 6.82. The molecule has 27 heavy (non-hydrogen) atoms. The van der Waals surface area contributed by atoms with Crippen LogP contribution >= 0.6 is 0 Å². The van der Waals surface area contributed by atoms with Gasteiger partial charge in [-0.3, -0.25) is 0 Å². The van der Waals surface area contributed by atoms with Crippen molar-refractivity contribution in [2.45, 2.75) is 24.6 Å². The Balaban J connectivity index is 1.50. The Morgan fingerprint density at radius 3 is 2.63 bits per heavy atom.